The molecule has 0 unspecified atom stereocenters. The lowest BCUT2D eigenvalue weighted by Gasteiger charge is -2.37. The predicted molar refractivity (Wildman–Crippen MR) is 85.4 cm³/mol. The van der Waals surface area contributed by atoms with Crippen LogP contribution in [0.2, 0.25) is 0 Å². The zero-order chi connectivity index (χ0) is 16.7. The molecule has 0 bridgehead atoms. The average molecular weight is 318 g/mol. The summed E-state index contributed by atoms with van der Waals surface area (Å²) in [7, 11) is 0. The van der Waals surface area contributed by atoms with Crippen LogP contribution in [0.3, 0.4) is 0 Å². The van der Waals surface area contributed by atoms with Gasteiger partial charge in [-0.1, -0.05) is 30.3 Å². The molecule has 1 aliphatic heterocycles. The zero-order valence-corrected chi connectivity index (χ0v) is 13.2. The minimum absolute atomic E-state index is 0.0183. The highest BCUT2D eigenvalue weighted by Crippen LogP contribution is 2.14. The van der Waals surface area contributed by atoms with Crippen LogP contribution in [0.1, 0.15) is 12.5 Å². The number of hydrogen-bond acceptors (Lipinski definition) is 4. The smallest absolute Gasteiger partial charge is 0.321 e. The number of likely N-dealkylation sites (tertiary alicyclic amines) is 1. The van der Waals surface area contributed by atoms with Gasteiger partial charge in [0.05, 0.1) is 12.5 Å². The van der Waals surface area contributed by atoms with E-state index in [9.17, 15) is 14.4 Å². The molecule has 4 amide bonds. The maximum absolute atomic E-state index is 11.8. The largest absolute Gasteiger partial charge is 0.356 e. The Morgan fingerprint density at radius 1 is 1.13 bits per heavy atom. The molecule has 1 aromatic carbocycles. The van der Waals surface area contributed by atoms with Gasteiger partial charge in [0.1, 0.15) is 0 Å². The van der Waals surface area contributed by atoms with Crippen molar-refractivity contribution in [2.24, 2.45) is 5.92 Å². The fraction of sp³-hybridized carbons (Fsp3) is 0.438. The van der Waals surface area contributed by atoms with Crippen LogP contribution in [0, 0.1) is 5.92 Å². The van der Waals surface area contributed by atoms with Crippen LogP contribution < -0.4 is 16.0 Å². The van der Waals surface area contributed by atoms with Crippen LogP contribution in [-0.2, 0) is 16.1 Å². The van der Waals surface area contributed by atoms with Gasteiger partial charge < -0.3 is 10.6 Å². The normalized spacial score (nSPS) is 14.7. The Kier molecular flexibility index (Phi) is 6.10. The molecule has 7 nitrogen and oxygen atoms in total. The Bertz CT molecular complexity index is 556. The Morgan fingerprint density at radius 3 is 2.48 bits per heavy atom. The van der Waals surface area contributed by atoms with Gasteiger partial charge in [0.25, 0.3) is 0 Å². The molecule has 0 saturated carbocycles. The number of benzene rings is 1. The highest BCUT2D eigenvalue weighted by molar-refractivity contribution is 5.95. The van der Waals surface area contributed by atoms with Crippen molar-refractivity contribution in [1.29, 1.82) is 0 Å². The maximum atomic E-state index is 11.8. The summed E-state index contributed by atoms with van der Waals surface area (Å²) in [6.07, 6.45) is 0. The van der Waals surface area contributed by atoms with Crippen molar-refractivity contribution in [3.05, 3.63) is 35.9 Å². The van der Waals surface area contributed by atoms with Gasteiger partial charge in [0.15, 0.2) is 0 Å². The van der Waals surface area contributed by atoms with E-state index in [4.69, 9.17) is 0 Å². The molecule has 23 heavy (non-hydrogen) atoms. The predicted octanol–water partition coefficient (Wildman–Crippen LogP) is 0.0803. The van der Waals surface area contributed by atoms with Crippen molar-refractivity contribution in [1.82, 2.24) is 20.9 Å². The van der Waals surface area contributed by atoms with E-state index in [1.807, 2.05) is 42.2 Å². The number of hydrogen-bond donors (Lipinski definition) is 3. The van der Waals surface area contributed by atoms with Gasteiger partial charge in [-0.2, -0.15) is 0 Å². The van der Waals surface area contributed by atoms with E-state index in [-0.39, 0.29) is 24.3 Å². The van der Waals surface area contributed by atoms with Crippen LogP contribution in [0.25, 0.3) is 0 Å². The minimum atomic E-state index is -0.514. The molecule has 1 heterocycles. The molecule has 0 radical (unpaired) electrons. The Balaban J connectivity index is 1.62. The lowest BCUT2D eigenvalue weighted by Crippen LogP contribution is -2.56. The molecule has 2 rings (SSSR count). The highest BCUT2D eigenvalue weighted by atomic mass is 16.2. The summed E-state index contributed by atoms with van der Waals surface area (Å²) in [4.78, 5) is 36.8. The second-order valence-electron chi connectivity index (χ2n) is 5.50. The van der Waals surface area contributed by atoms with E-state index in [0.29, 0.717) is 26.2 Å². The molecule has 3 N–H and O–H groups in total. The van der Waals surface area contributed by atoms with Crippen molar-refractivity contribution in [3.63, 3.8) is 0 Å². The third-order valence-corrected chi connectivity index (χ3v) is 3.60. The van der Waals surface area contributed by atoms with E-state index >= 15 is 0 Å². The molecule has 0 aromatic heterocycles. The number of rotatable bonds is 6. The summed E-state index contributed by atoms with van der Waals surface area (Å²) in [5.41, 5.74) is 0.961. The second-order valence-corrected chi connectivity index (χ2v) is 5.50. The molecular formula is C16H22N4O3. The Hall–Kier alpha value is -2.41. The van der Waals surface area contributed by atoms with E-state index in [1.54, 1.807) is 0 Å². The number of urea groups is 1. The van der Waals surface area contributed by atoms with Gasteiger partial charge >= 0.3 is 6.03 Å². The number of amides is 4. The van der Waals surface area contributed by atoms with Crippen molar-refractivity contribution in [2.75, 3.05) is 26.2 Å². The maximum Gasteiger partial charge on any atom is 0.321 e. The van der Waals surface area contributed by atoms with Crippen LogP contribution in [0.15, 0.2) is 30.3 Å². The third-order valence-electron chi connectivity index (χ3n) is 3.60. The second kappa shape index (κ2) is 8.28. The molecule has 0 spiro atoms. The van der Waals surface area contributed by atoms with Crippen LogP contribution in [-0.4, -0.2) is 48.9 Å². The molecule has 0 aliphatic carbocycles. The first-order chi connectivity index (χ1) is 11.1. The Labute approximate surface area is 135 Å². The summed E-state index contributed by atoms with van der Waals surface area (Å²) in [6.45, 7) is 4.06. The van der Waals surface area contributed by atoms with E-state index in [2.05, 4.69) is 16.0 Å². The molecule has 1 aromatic rings. The van der Waals surface area contributed by atoms with Gasteiger partial charge in [0, 0.05) is 26.2 Å². The molecule has 124 valence electrons. The standard InChI is InChI=1S/C16H22N4O3/c1-2-17-15(22)13-9-20(10-13)11-14(21)19-16(23)18-8-12-6-4-3-5-7-12/h3-7,13H,2,8-11H2,1H3,(H,17,22)(H2,18,19,21,23). The van der Waals surface area contributed by atoms with Gasteiger partial charge in [0.2, 0.25) is 11.8 Å². The van der Waals surface area contributed by atoms with Gasteiger partial charge in [-0.25, -0.2) is 4.79 Å². The first kappa shape index (κ1) is 17.0. The minimum Gasteiger partial charge on any atom is -0.356 e. The fourth-order valence-electron chi connectivity index (χ4n) is 2.38. The van der Waals surface area contributed by atoms with Crippen molar-refractivity contribution in [3.8, 4) is 0 Å². The topological polar surface area (TPSA) is 90.5 Å². The average Bonchev–Trinajstić information content (AvgIpc) is 2.49. The summed E-state index contributed by atoms with van der Waals surface area (Å²) in [5, 5.41) is 7.67. The summed E-state index contributed by atoms with van der Waals surface area (Å²) >= 11 is 0. The molecule has 1 fully saturated rings. The van der Waals surface area contributed by atoms with Crippen molar-refractivity contribution >= 4 is 17.8 Å². The SMILES string of the molecule is CCNC(=O)C1CN(CC(=O)NC(=O)NCc2ccccc2)C1. The molecule has 1 saturated heterocycles. The van der Waals surface area contributed by atoms with Gasteiger partial charge in [-0.15, -0.1) is 0 Å². The number of carbonyl (C=O) groups excluding carboxylic acids is 3. The lowest BCUT2D eigenvalue weighted by molar-refractivity contribution is -0.133. The van der Waals surface area contributed by atoms with E-state index in [1.165, 1.54) is 0 Å². The summed E-state index contributed by atoms with van der Waals surface area (Å²) in [5.74, 6) is -0.413. The van der Waals surface area contributed by atoms with Crippen molar-refractivity contribution < 1.29 is 14.4 Å². The monoisotopic (exact) mass is 318 g/mol. The van der Waals surface area contributed by atoms with Gasteiger partial charge in [-0.05, 0) is 12.5 Å². The van der Waals surface area contributed by atoms with Crippen molar-refractivity contribution in [2.45, 2.75) is 13.5 Å². The number of carbonyl (C=O) groups is 3. The van der Waals surface area contributed by atoms with E-state index in [0.717, 1.165) is 5.56 Å². The molecule has 0 atom stereocenters. The Morgan fingerprint density at radius 2 is 1.83 bits per heavy atom. The van der Waals surface area contributed by atoms with Crippen LogP contribution >= 0.6 is 0 Å². The number of nitrogens with zero attached hydrogens (tertiary/aromatic N) is 1. The van der Waals surface area contributed by atoms with Crippen LogP contribution in [0.5, 0.6) is 0 Å². The third kappa shape index (κ3) is 5.37. The van der Waals surface area contributed by atoms with Crippen LogP contribution in [0.4, 0.5) is 4.79 Å². The first-order valence-corrected chi connectivity index (χ1v) is 7.70. The summed E-state index contributed by atoms with van der Waals surface area (Å²) < 4.78 is 0. The molecular weight excluding hydrogens is 296 g/mol. The molecule has 7 heteroatoms. The first-order valence-electron chi connectivity index (χ1n) is 7.70. The zero-order valence-electron chi connectivity index (χ0n) is 13.2. The fourth-order valence-corrected chi connectivity index (χ4v) is 2.38. The summed E-state index contributed by atoms with van der Waals surface area (Å²) in [6, 6.07) is 8.94. The lowest BCUT2D eigenvalue weighted by atomic mass is 9.99. The highest BCUT2D eigenvalue weighted by Gasteiger charge is 2.33. The number of nitrogens with one attached hydrogen (secondary N) is 3. The quantitative estimate of drug-likeness (QED) is 0.693. The molecule has 1 aliphatic rings. The van der Waals surface area contributed by atoms with E-state index < -0.39 is 6.03 Å². The number of imide groups is 1. The van der Waals surface area contributed by atoms with Gasteiger partial charge in [-0.3, -0.25) is 19.8 Å².